The summed E-state index contributed by atoms with van der Waals surface area (Å²) in [5.74, 6) is 0.366. The van der Waals surface area contributed by atoms with Crippen LogP contribution in [0.25, 0.3) is 16.5 Å². The van der Waals surface area contributed by atoms with Crippen LogP contribution >= 0.6 is 11.6 Å². The minimum Gasteiger partial charge on any atom is -0.510 e. The summed E-state index contributed by atoms with van der Waals surface area (Å²) < 4.78 is 0. The van der Waals surface area contributed by atoms with Crippen LogP contribution in [0, 0.1) is 5.41 Å². The standard InChI is InChI=1S/C15H15ClN4O2/c1-7(2)20-6-11(21)12(13(20)17)14-18-10-5-8(16)3-4-9(10)15(22)19-14/h3-5,7,17,21H,6H2,1-2H3,(H,18,19,22). The molecule has 0 saturated heterocycles. The average Bonchev–Trinajstić information content (AvgIpc) is 2.73. The molecule has 0 radical (unpaired) electrons. The number of hydrogen-bond acceptors (Lipinski definition) is 4. The van der Waals surface area contributed by atoms with E-state index in [9.17, 15) is 9.90 Å². The number of halogens is 1. The summed E-state index contributed by atoms with van der Waals surface area (Å²) in [7, 11) is 0. The van der Waals surface area contributed by atoms with Crippen molar-refractivity contribution in [2.24, 2.45) is 0 Å². The molecule has 3 rings (SSSR count). The number of fused-ring (bicyclic) bond motifs is 1. The molecule has 7 heteroatoms. The van der Waals surface area contributed by atoms with Crippen molar-refractivity contribution in [1.29, 1.82) is 5.41 Å². The number of aliphatic hydroxyl groups excluding tert-OH is 1. The maximum absolute atomic E-state index is 12.2. The zero-order valence-electron chi connectivity index (χ0n) is 12.1. The monoisotopic (exact) mass is 318 g/mol. The molecule has 2 aromatic rings. The quantitative estimate of drug-likeness (QED) is 0.793. The molecule has 0 unspecified atom stereocenters. The molecule has 0 aliphatic carbocycles. The first-order chi connectivity index (χ1) is 10.4. The number of aromatic amines is 1. The van der Waals surface area contributed by atoms with Gasteiger partial charge >= 0.3 is 0 Å². The van der Waals surface area contributed by atoms with Crippen LogP contribution in [0.2, 0.25) is 5.02 Å². The molecule has 1 aromatic carbocycles. The van der Waals surface area contributed by atoms with Crippen molar-refractivity contribution >= 4 is 33.9 Å². The smallest absolute Gasteiger partial charge is 0.259 e. The molecule has 0 spiro atoms. The lowest BCUT2D eigenvalue weighted by molar-refractivity contribution is 0.318. The Bertz CT molecular complexity index is 869. The number of benzene rings is 1. The zero-order valence-corrected chi connectivity index (χ0v) is 12.9. The average molecular weight is 319 g/mol. The number of nitrogens with one attached hydrogen (secondary N) is 2. The summed E-state index contributed by atoms with van der Waals surface area (Å²) in [4.78, 5) is 20.9. The maximum atomic E-state index is 12.2. The van der Waals surface area contributed by atoms with Crippen LogP contribution in [0.1, 0.15) is 19.7 Å². The van der Waals surface area contributed by atoms with Crippen LogP contribution in [0.15, 0.2) is 28.8 Å². The van der Waals surface area contributed by atoms with E-state index in [1.54, 1.807) is 23.1 Å². The van der Waals surface area contributed by atoms with Crippen LogP contribution in [0.3, 0.4) is 0 Å². The summed E-state index contributed by atoms with van der Waals surface area (Å²) >= 11 is 5.94. The third kappa shape index (κ3) is 2.25. The molecule has 6 nitrogen and oxygen atoms in total. The number of nitrogens with zero attached hydrogens (tertiary/aromatic N) is 2. The van der Waals surface area contributed by atoms with E-state index >= 15 is 0 Å². The minimum absolute atomic E-state index is 0.0308. The van der Waals surface area contributed by atoms with Gasteiger partial charge in [-0.2, -0.15) is 0 Å². The molecule has 0 atom stereocenters. The Hall–Kier alpha value is -2.34. The fourth-order valence-electron chi connectivity index (χ4n) is 2.52. The first kappa shape index (κ1) is 14.6. The number of amidine groups is 1. The van der Waals surface area contributed by atoms with E-state index in [1.807, 2.05) is 13.8 Å². The Labute approximate surface area is 131 Å². The van der Waals surface area contributed by atoms with E-state index in [4.69, 9.17) is 17.0 Å². The molecule has 0 fully saturated rings. The summed E-state index contributed by atoms with van der Waals surface area (Å²) in [6.07, 6.45) is 0. The Kier molecular flexibility index (Phi) is 3.41. The molecule has 0 bridgehead atoms. The SMILES string of the molecule is CC(C)N1CC(O)=C(c2nc3cc(Cl)ccc3c(=O)[nH]2)C1=N. The second kappa shape index (κ2) is 5.14. The lowest BCUT2D eigenvalue weighted by atomic mass is 10.2. The third-order valence-corrected chi connectivity index (χ3v) is 3.90. The topological polar surface area (TPSA) is 93.1 Å². The molecule has 0 saturated carbocycles. The van der Waals surface area contributed by atoms with Gasteiger partial charge < -0.3 is 15.0 Å². The highest BCUT2D eigenvalue weighted by molar-refractivity contribution is 6.31. The van der Waals surface area contributed by atoms with Gasteiger partial charge in [-0.05, 0) is 32.0 Å². The van der Waals surface area contributed by atoms with Crippen LogP contribution < -0.4 is 5.56 Å². The van der Waals surface area contributed by atoms with E-state index in [0.29, 0.717) is 15.9 Å². The fourth-order valence-corrected chi connectivity index (χ4v) is 2.69. The Morgan fingerprint density at radius 2 is 2.18 bits per heavy atom. The van der Waals surface area contributed by atoms with E-state index in [2.05, 4.69) is 9.97 Å². The minimum atomic E-state index is -0.326. The van der Waals surface area contributed by atoms with Gasteiger partial charge in [0.1, 0.15) is 17.4 Å². The molecule has 3 N–H and O–H groups in total. The Balaban J connectivity index is 2.17. The molecular formula is C15H15ClN4O2. The second-order valence-electron chi connectivity index (χ2n) is 5.47. The molecule has 1 aliphatic rings. The van der Waals surface area contributed by atoms with Crippen LogP contribution in [-0.4, -0.2) is 38.4 Å². The second-order valence-corrected chi connectivity index (χ2v) is 5.90. The molecule has 22 heavy (non-hydrogen) atoms. The summed E-state index contributed by atoms with van der Waals surface area (Å²) in [6, 6.07) is 4.87. The van der Waals surface area contributed by atoms with Crippen molar-refractivity contribution in [2.75, 3.05) is 6.54 Å². The lowest BCUT2D eigenvalue weighted by Gasteiger charge is -2.22. The van der Waals surface area contributed by atoms with Crippen molar-refractivity contribution in [2.45, 2.75) is 19.9 Å². The van der Waals surface area contributed by atoms with E-state index in [1.165, 1.54) is 0 Å². The van der Waals surface area contributed by atoms with Gasteiger partial charge in [0.2, 0.25) is 0 Å². The molecule has 2 heterocycles. The van der Waals surface area contributed by atoms with Crippen molar-refractivity contribution in [3.05, 3.63) is 45.2 Å². The summed E-state index contributed by atoms with van der Waals surface area (Å²) in [6.45, 7) is 4.10. The molecule has 1 aliphatic heterocycles. The van der Waals surface area contributed by atoms with Crippen molar-refractivity contribution in [3.63, 3.8) is 0 Å². The van der Waals surface area contributed by atoms with Crippen molar-refractivity contribution in [3.8, 4) is 0 Å². The van der Waals surface area contributed by atoms with Gasteiger partial charge in [0.05, 0.1) is 23.0 Å². The molecular weight excluding hydrogens is 304 g/mol. The van der Waals surface area contributed by atoms with Gasteiger partial charge in [-0.15, -0.1) is 0 Å². The molecule has 1 aromatic heterocycles. The van der Waals surface area contributed by atoms with E-state index in [0.717, 1.165) is 0 Å². The van der Waals surface area contributed by atoms with Crippen molar-refractivity contribution < 1.29 is 5.11 Å². The van der Waals surface area contributed by atoms with Crippen LogP contribution in [0.4, 0.5) is 0 Å². The van der Waals surface area contributed by atoms with Gasteiger partial charge in [-0.25, -0.2) is 4.98 Å². The Morgan fingerprint density at radius 3 is 2.82 bits per heavy atom. The number of aliphatic hydroxyl groups is 1. The van der Waals surface area contributed by atoms with Gasteiger partial charge in [-0.3, -0.25) is 10.2 Å². The molecule has 114 valence electrons. The van der Waals surface area contributed by atoms with Gasteiger partial charge in [0, 0.05) is 11.1 Å². The van der Waals surface area contributed by atoms with Crippen LogP contribution in [0.5, 0.6) is 0 Å². The van der Waals surface area contributed by atoms with Crippen LogP contribution in [-0.2, 0) is 0 Å². The van der Waals surface area contributed by atoms with Crippen molar-refractivity contribution in [1.82, 2.24) is 14.9 Å². The summed E-state index contributed by atoms with van der Waals surface area (Å²) in [5, 5.41) is 19.2. The highest BCUT2D eigenvalue weighted by atomic mass is 35.5. The third-order valence-electron chi connectivity index (χ3n) is 3.66. The number of aromatic nitrogens is 2. The fraction of sp³-hybridized carbons (Fsp3) is 0.267. The van der Waals surface area contributed by atoms with Gasteiger partial charge in [0.15, 0.2) is 0 Å². The molecule has 0 amide bonds. The largest absolute Gasteiger partial charge is 0.510 e. The number of H-pyrrole nitrogens is 1. The number of rotatable bonds is 2. The predicted molar refractivity (Wildman–Crippen MR) is 86.5 cm³/mol. The first-order valence-electron chi connectivity index (χ1n) is 6.86. The highest BCUT2D eigenvalue weighted by Gasteiger charge is 2.31. The normalized spacial score (nSPS) is 15.5. The van der Waals surface area contributed by atoms with Gasteiger partial charge in [0.25, 0.3) is 5.56 Å². The maximum Gasteiger partial charge on any atom is 0.259 e. The zero-order chi connectivity index (χ0) is 16.0. The highest BCUT2D eigenvalue weighted by Crippen LogP contribution is 2.27. The van der Waals surface area contributed by atoms with E-state index in [-0.39, 0.29) is 41.1 Å². The summed E-state index contributed by atoms with van der Waals surface area (Å²) in [5.41, 5.74) is 0.364. The number of hydrogen-bond donors (Lipinski definition) is 3. The lowest BCUT2D eigenvalue weighted by Crippen LogP contribution is -2.33. The Morgan fingerprint density at radius 1 is 1.45 bits per heavy atom. The van der Waals surface area contributed by atoms with Gasteiger partial charge in [-0.1, -0.05) is 11.6 Å². The van der Waals surface area contributed by atoms with E-state index < -0.39 is 0 Å². The predicted octanol–water partition coefficient (Wildman–Crippen LogP) is 2.55. The first-order valence-corrected chi connectivity index (χ1v) is 7.24.